The van der Waals surface area contributed by atoms with Crippen LogP contribution in [-0.2, 0) is 0 Å². The van der Waals surface area contributed by atoms with E-state index in [4.69, 9.17) is 16.3 Å². The third kappa shape index (κ3) is 3.49. The van der Waals surface area contributed by atoms with Gasteiger partial charge in [0.2, 0.25) is 0 Å². The molecule has 0 aliphatic heterocycles. The maximum atomic E-state index is 12.2. The SMILES string of the molecule is CCOc1ccccc1C(=O)Nc1cnc(Cl)c(Br)c1. The minimum absolute atomic E-state index is 0.259. The number of amides is 1. The van der Waals surface area contributed by atoms with Gasteiger partial charge in [0.1, 0.15) is 10.9 Å². The molecule has 0 saturated heterocycles. The first-order valence-corrected chi connectivity index (χ1v) is 7.13. The van der Waals surface area contributed by atoms with Crippen molar-refractivity contribution in [3.05, 3.63) is 51.7 Å². The predicted octanol–water partition coefficient (Wildman–Crippen LogP) is 4.15. The summed E-state index contributed by atoms with van der Waals surface area (Å²) in [7, 11) is 0. The Morgan fingerprint density at radius 1 is 1.45 bits per heavy atom. The molecular formula is C14H12BrClN2O2. The molecule has 1 N–H and O–H groups in total. The van der Waals surface area contributed by atoms with Crippen LogP contribution in [0.3, 0.4) is 0 Å². The Balaban J connectivity index is 2.21. The minimum Gasteiger partial charge on any atom is -0.493 e. The van der Waals surface area contributed by atoms with Crippen molar-refractivity contribution in [1.29, 1.82) is 0 Å². The molecule has 4 nitrogen and oxygen atoms in total. The molecule has 2 rings (SSSR count). The summed E-state index contributed by atoms with van der Waals surface area (Å²) in [4.78, 5) is 16.2. The molecule has 1 aromatic heterocycles. The van der Waals surface area contributed by atoms with E-state index in [1.54, 1.807) is 24.3 Å². The number of carbonyl (C=O) groups excluding carboxylic acids is 1. The van der Waals surface area contributed by atoms with E-state index in [9.17, 15) is 4.79 Å². The van der Waals surface area contributed by atoms with Gasteiger partial charge in [-0.25, -0.2) is 4.98 Å². The number of pyridine rings is 1. The van der Waals surface area contributed by atoms with Crippen molar-refractivity contribution in [2.24, 2.45) is 0 Å². The number of aromatic nitrogens is 1. The van der Waals surface area contributed by atoms with Gasteiger partial charge < -0.3 is 10.1 Å². The number of hydrogen-bond acceptors (Lipinski definition) is 3. The van der Waals surface area contributed by atoms with Crippen molar-refractivity contribution in [1.82, 2.24) is 4.98 Å². The van der Waals surface area contributed by atoms with Crippen LogP contribution >= 0.6 is 27.5 Å². The molecule has 0 atom stereocenters. The van der Waals surface area contributed by atoms with E-state index in [-0.39, 0.29) is 5.91 Å². The van der Waals surface area contributed by atoms with Crippen molar-refractivity contribution in [2.45, 2.75) is 6.92 Å². The zero-order valence-corrected chi connectivity index (χ0v) is 13.0. The van der Waals surface area contributed by atoms with Crippen molar-refractivity contribution < 1.29 is 9.53 Å². The Labute approximate surface area is 130 Å². The zero-order chi connectivity index (χ0) is 14.5. The van der Waals surface area contributed by atoms with Gasteiger partial charge in [-0.3, -0.25) is 4.79 Å². The number of hydrogen-bond donors (Lipinski definition) is 1. The Morgan fingerprint density at radius 3 is 2.90 bits per heavy atom. The number of carbonyl (C=O) groups is 1. The molecule has 0 fully saturated rings. The third-order valence-electron chi connectivity index (χ3n) is 2.49. The highest BCUT2D eigenvalue weighted by molar-refractivity contribution is 9.10. The van der Waals surface area contributed by atoms with E-state index in [2.05, 4.69) is 26.2 Å². The van der Waals surface area contributed by atoms with Crippen LogP contribution in [0.4, 0.5) is 5.69 Å². The fourth-order valence-corrected chi connectivity index (χ4v) is 2.08. The molecule has 1 amide bonds. The highest BCUT2D eigenvalue weighted by Gasteiger charge is 2.12. The summed E-state index contributed by atoms with van der Waals surface area (Å²) < 4.78 is 6.05. The summed E-state index contributed by atoms with van der Waals surface area (Å²) in [6, 6.07) is 8.76. The van der Waals surface area contributed by atoms with Crippen LogP contribution in [0, 0.1) is 0 Å². The molecule has 0 spiro atoms. The number of ether oxygens (including phenoxy) is 1. The molecular weight excluding hydrogens is 344 g/mol. The second kappa shape index (κ2) is 6.72. The fourth-order valence-electron chi connectivity index (χ4n) is 1.62. The summed E-state index contributed by atoms with van der Waals surface area (Å²) >= 11 is 9.07. The van der Waals surface area contributed by atoms with E-state index >= 15 is 0 Å². The average molecular weight is 356 g/mol. The number of nitrogens with one attached hydrogen (secondary N) is 1. The first-order chi connectivity index (χ1) is 9.61. The van der Waals surface area contributed by atoms with Crippen LogP contribution in [0.5, 0.6) is 5.75 Å². The molecule has 1 aromatic carbocycles. The standard InChI is InChI=1S/C14H12BrClN2O2/c1-2-20-12-6-4-3-5-10(12)14(19)18-9-7-11(15)13(16)17-8-9/h3-8H,2H2,1H3,(H,18,19). The molecule has 0 saturated carbocycles. The van der Waals surface area contributed by atoms with Crippen LogP contribution < -0.4 is 10.1 Å². The highest BCUT2D eigenvalue weighted by Crippen LogP contribution is 2.24. The normalized spacial score (nSPS) is 10.2. The van der Waals surface area contributed by atoms with E-state index in [1.807, 2.05) is 13.0 Å². The van der Waals surface area contributed by atoms with Gasteiger partial charge in [-0.2, -0.15) is 0 Å². The van der Waals surface area contributed by atoms with Gasteiger partial charge in [0.05, 0.1) is 28.5 Å². The van der Waals surface area contributed by atoms with Gasteiger partial charge in [-0.1, -0.05) is 23.7 Å². The van der Waals surface area contributed by atoms with Crippen LogP contribution in [-0.4, -0.2) is 17.5 Å². The van der Waals surface area contributed by atoms with Gasteiger partial charge in [-0.05, 0) is 41.1 Å². The van der Waals surface area contributed by atoms with E-state index in [0.29, 0.717) is 33.2 Å². The van der Waals surface area contributed by atoms with Crippen LogP contribution in [0.25, 0.3) is 0 Å². The summed E-state index contributed by atoms with van der Waals surface area (Å²) in [6.07, 6.45) is 1.49. The predicted molar refractivity (Wildman–Crippen MR) is 82.5 cm³/mol. The number of rotatable bonds is 4. The van der Waals surface area contributed by atoms with Crippen LogP contribution in [0.1, 0.15) is 17.3 Å². The van der Waals surface area contributed by atoms with Gasteiger partial charge in [0.15, 0.2) is 0 Å². The fraction of sp³-hybridized carbons (Fsp3) is 0.143. The lowest BCUT2D eigenvalue weighted by Gasteiger charge is -2.10. The molecule has 104 valence electrons. The largest absolute Gasteiger partial charge is 0.493 e. The first kappa shape index (κ1) is 14.8. The number of halogens is 2. The summed E-state index contributed by atoms with van der Waals surface area (Å²) in [5.74, 6) is 0.290. The maximum Gasteiger partial charge on any atom is 0.259 e. The zero-order valence-electron chi connectivity index (χ0n) is 10.7. The second-order valence-corrected chi connectivity index (χ2v) is 5.09. The lowest BCUT2D eigenvalue weighted by Crippen LogP contribution is -2.13. The van der Waals surface area contributed by atoms with Gasteiger partial charge in [0.25, 0.3) is 5.91 Å². The monoisotopic (exact) mass is 354 g/mol. The highest BCUT2D eigenvalue weighted by atomic mass is 79.9. The smallest absolute Gasteiger partial charge is 0.259 e. The number of nitrogens with zero attached hydrogens (tertiary/aromatic N) is 1. The minimum atomic E-state index is -0.259. The molecule has 0 aliphatic rings. The molecule has 6 heteroatoms. The van der Waals surface area contributed by atoms with E-state index in [0.717, 1.165) is 0 Å². The average Bonchev–Trinajstić information content (AvgIpc) is 2.44. The van der Waals surface area contributed by atoms with Crippen molar-refractivity contribution in [3.8, 4) is 5.75 Å². The van der Waals surface area contributed by atoms with Crippen LogP contribution in [0.15, 0.2) is 41.0 Å². The molecule has 1 heterocycles. The van der Waals surface area contributed by atoms with Gasteiger partial charge >= 0.3 is 0 Å². The van der Waals surface area contributed by atoms with Crippen molar-refractivity contribution >= 4 is 39.1 Å². The number of anilines is 1. The molecule has 0 aliphatic carbocycles. The molecule has 2 aromatic rings. The lowest BCUT2D eigenvalue weighted by atomic mass is 10.2. The van der Waals surface area contributed by atoms with Gasteiger partial charge in [-0.15, -0.1) is 0 Å². The molecule has 0 unspecified atom stereocenters. The second-order valence-electron chi connectivity index (χ2n) is 3.88. The Bertz CT molecular complexity index is 634. The Morgan fingerprint density at radius 2 is 2.20 bits per heavy atom. The topological polar surface area (TPSA) is 51.2 Å². The third-order valence-corrected chi connectivity index (χ3v) is 3.62. The van der Waals surface area contributed by atoms with E-state index < -0.39 is 0 Å². The Kier molecular flexibility index (Phi) is 4.98. The Hall–Kier alpha value is -1.59. The number of benzene rings is 1. The summed E-state index contributed by atoms with van der Waals surface area (Å²) in [5, 5.41) is 3.10. The molecule has 20 heavy (non-hydrogen) atoms. The molecule has 0 bridgehead atoms. The lowest BCUT2D eigenvalue weighted by molar-refractivity contribution is 0.102. The first-order valence-electron chi connectivity index (χ1n) is 5.96. The van der Waals surface area contributed by atoms with Crippen LogP contribution in [0.2, 0.25) is 5.15 Å². The van der Waals surface area contributed by atoms with Crippen molar-refractivity contribution in [3.63, 3.8) is 0 Å². The summed E-state index contributed by atoms with van der Waals surface area (Å²) in [5.41, 5.74) is 1.03. The maximum absolute atomic E-state index is 12.2. The van der Waals surface area contributed by atoms with Gasteiger partial charge in [0, 0.05) is 0 Å². The van der Waals surface area contributed by atoms with E-state index in [1.165, 1.54) is 6.20 Å². The summed E-state index contributed by atoms with van der Waals surface area (Å²) in [6.45, 7) is 2.37. The quantitative estimate of drug-likeness (QED) is 0.838. The number of para-hydroxylation sites is 1. The molecule has 0 radical (unpaired) electrons. The van der Waals surface area contributed by atoms with Crippen molar-refractivity contribution in [2.75, 3.05) is 11.9 Å².